The topological polar surface area (TPSA) is 82.9 Å². The maximum absolute atomic E-state index is 13.2. The Balaban J connectivity index is 1.23. The van der Waals surface area contributed by atoms with Crippen molar-refractivity contribution in [3.05, 3.63) is 46.8 Å². The maximum atomic E-state index is 13.2. The molecule has 1 saturated carbocycles. The van der Waals surface area contributed by atoms with Crippen molar-refractivity contribution in [3.8, 4) is 0 Å². The van der Waals surface area contributed by atoms with Crippen LogP contribution in [0, 0.1) is 13.8 Å². The third kappa shape index (κ3) is 3.92. The van der Waals surface area contributed by atoms with Gasteiger partial charge in [0.2, 0.25) is 15.9 Å². The number of benzene rings is 1. The lowest BCUT2D eigenvalue weighted by molar-refractivity contribution is -0.117. The summed E-state index contributed by atoms with van der Waals surface area (Å²) in [5, 5.41) is 0. The first kappa shape index (κ1) is 22.3. The van der Waals surface area contributed by atoms with Gasteiger partial charge in [-0.1, -0.05) is 0 Å². The molecule has 0 radical (unpaired) electrons. The fourth-order valence-corrected chi connectivity index (χ4v) is 6.60. The third-order valence-corrected chi connectivity index (χ3v) is 9.06. The van der Waals surface area contributed by atoms with Crippen LogP contribution >= 0.6 is 0 Å². The molecule has 0 N–H and O–H groups in total. The highest BCUT2D eigenvalue weighted by atomic mass is 32.2. The van der Waals surface area contributed by atoms with Crippen molar-refractivity contribution in [1.29, 1.82) is 0 Å². The summed E-state index contributed by atoms with van der Waals surface area (Å²) in [4.78, 5) is 28.7. The molecule has 1 aromatic heterocycles. The van der Waals surface area contributed by atoms with Gasteiger partial charge in [-0.3, -0.25) is 14.5 Å². The van der Waals surface area contributed by atoms with Gasteiger partial charge in [-0.2, -0.15) is 4.31 Å². The summed E-state index contributed by atoms with van der Waals surface area (Å²) in [6, 6.07) is 7.44. The van der Waals surface area contributed by atoms with Crippen molar-refractivity contribution < 1.29 is 18.0 Å². The monoisotopic (exact) mass is 470 g/mol. The van der Waals surface area contributed by atoms with E-state index >= 15 is 0 Å². The van der Waals surface area contributed by atoms with E-state index < -0.39 is 10.0 Å². The second-order valence-electron chi connectivity index (χ2n) is 9.41. The predicted molar refractivity (Wildman–Crippen MR) is 125 cm³/mol. The van der Waals surface area contributed by atoms with Crippen molar-refractivity contribution in [2.75, 3.05) is 44.7 Å². The average molecular weight is 471 g/mol. The molecule has 9 heteroatoms. The summed E-state index contributed by atoms with van der Waals surface area (Å²) in [7, 11) is -1.94. The molecular weight excluding hydrogens is 440 g/mol. The van der Waals surface area contributed by atoms with Crippen molar-refractivity contribution in [1.82, 2.24) is 13.8 Å². The number of likely N-dealkylation sites (N-methyl/N-ethyl adjacent to an activating group) is 1. The first-order valence-electron chi connectivity index (χ1n) is 11.5. The number of sulfonamides is 1. The van der Waals surface area contributed by atoms with E-state index in [0.29, 0.717) is 38.8 Å². The highest BCUT2D eigenvalue weighted by Crippen LogP contribution is 2.38. The molecule has 0 spiro atoms. The van der Waals surface area contributed by atoms with Gasteiger partial charge >= 0.3 is 0 Å². The van der Waals surface area contributed by atoms with Crippen LogP contribution in [0.1, 0.15) is 46.2 Å². The first-order valence-corrected chi connectivity index (χ1v) is 12.9. The summed E-state index contributed by atoms with van der Waals surface area (Å²) >= 11 is 0. The van der Waals surface area contributed by atoms with E-state index in [4.69, 9.17) is 0 Å². The second-order valence-corrected chi connectivity index (χ2v) is 11.3. The highest BCUT2D eigenvalue weighted by molar-refractivity contribution is 7.89. The third-order valence-electron chi connectivity index (χ3n) is 7.16. The number of Topliss-reactive ketones (excluding diaryl/α,β-unsaturated/α-hetero) is 1. The molecule has 176 valence electrons. The molecule has 0 unspecified atom stereocenters. The Labute approximate surface area is 194 Å². The number of piperazine rings is 1. The van der Waals surface area contributed by atoms with E-state index in [-0.39, 0.29) is 23.0 Å². The van der Waals surface area contributed by atoms with Crippen LogP contribution in [0.3, 0.4) is 0 Å². The van der Waals surface area contributed by atoms with E-state index in [2.05, 4.69) is 11.5 Å². The van der Waals surface area contributed by atoms with Crippen LogP contribution < -0.4 is 4.90 Å². The van der Waals surface area contributed by atoms with Crippen LogP contribution in [-0.4, -0.2) is 73.7 Å². The Kier molecular flexibility index (Phi) is 5.46. The minimum atomic E-state index is -3.65. The number of ketones is 1. The Morgan fingerprint density at radius 2 is 1.76 bits per heavy atom. The molecule has 8 nitrogen and oxygen atoms in total. The highest BCUT2D eigenvalue weighted by Gasteiger charge is 2.33. The number of carbonyl (C=O) groups excluding carboxylic acids is 2. The van der Waals surface area contributed by atoms with E-state index in [9.17, 15) is 18.0 Å². The average Bonchev–Trinajstić information content (AvgIpc) is 3.51. The molecule has 2 aromatic rings. The van der Waals surface area contributed by atoms with Crippen LogP contribution in [0.4, 0.5) is 5.69 Å². The zero-order valence-corrected chi connectivity index (χ0v) is 20.2. The Morgan fingerprint density at radius 3 is 2.42 bits per heavy atom. The Morgan fingerprint density at radius 1 is 1.06 bits per heavy atom. The number of anilines is 1. The molecular formula is C24H30N4O4S. The number of fused-ring (bicyclic) bond motifs is 1. The maximum Gasteiger partial charge on any atom is 0.243 e. The molecule has 33 heavy (non-hydrogen) atoms. The van der Waals surface area contributed by atoms with Crippen LogP contribution in [-0.2, 0) is 21.2 Å². The smallest absolute Gasteiger partial charge is 0.243 e. The Bertz CT molecular complexity index is 1240. The number of carbonyl (C=O) groups is 2. The molecule has 1 aromatic carbocycles. The number of rotatable bonds is 6. The summed E-state index contributed by atoms with van der Waals surface area (Å²) < 4.78 is 30.1. The molecule has 0 bridgehead atoms. The molecule has 1 amide bonds. The van der Waals surface area contributed by atoms with Gasteiger partial charge in [0.15, 0.2) is 5.78 Å². The lowest BCUT2D eigenvalue weighted by Crippen LogP contribution is -2.49. The van der Waals surface area contributed by atoms with E-state index in [1.165, 1.54) is 17.1 Å². The number of nitrogens with zero attached hydrogens (tertiary/aromatic N) is 4. The largest absolute Gasteiger partial charge is 0.345 e. The van der Waals surface area contributed by atoms with Gasteiger partial charge in [0, 0.05) is 61.9 Å². The molecule has 5 rings (SSSR count). The zero-order chi connectivity index (χ0) is 23.5. The molecule has 0 atom stereocenters. The van der Waals surface area contributed by atoms with E-state index in [1.807, 2.05) is 17.9 Å². The van der Waals surface area contributed by atoms with Gasteiger partial charge in [0.05, 0.1) is 17.9 Å². The fraction of sp³-hybridized carbons (Fsp3) is 0.500. The van der Waals surface area contributed by atoms with Gasteiger partial charge in [0.25, 0.3) is 0 Å². The molecule has 1 saturated heterocycles. The molecule has 2 aliphatic heterocycles. The molecule has 3 aliphatic rings. The number of amides is 1. The van der Waals surface area contributed by atoms with Crippen molar-refractivity contribution in [2.24, 2.45) is 0 Å². The quantitative estimate of drug-likeness (QED) is 0.604. The minimum Gasteiger partial charge on any atom is -0.345 e. The number of aromatic nitrogens is 1. The molecule has 1 aliphatic carbocycles. The van der Waals surface area contributed by atoms with Crippen LogP contribution in [0.15, 0.2) is 29.2 Å². The van der Waals surface area contributed by atoms with Crippen LogP contribution in [0.25, 0.3) is 0 Å². The number of hydrogen-bond acceptors (Lipinski definition) is 5. The lowest BCUT2D eigenvalue weighted by Gasteiger charge is -2.33. The van der Waals surface area contributed by atoms with E-state index in [0.717, 1.165) is 28.2 Å². The number of aryl methyl sites for hydroxylation is 1. The van der Waals surface area contributed by atoms with E-state index in [1.54, 1.807) is 30.1 Å². The molecule has 3 heterocycles. The van der Waals surface area contributed by atoms with Gasteiger partial charge in [-0.25, -0.2) is 8.42 Å². The van der Waals surface area contributed by atoms with Gasteiger partial charge in [-0.05, 0) is 56.5 Å². The zero-order valence-electron chi connectivity index (χ0n) is 19.4. The summed E-state index contributed by atoms with van der Waals surface area (Å²) in [6.45, 7) is 6.08. The standard InChI is InChI=1S/C24H30N4O4S/c1-16-12-21(17(2)28(16)19-4-5-19)23(29)15-26-8-10-27(11-9-26)33(31,32)20-6-7-22-18(13-20)14-24(30)25(22)3/h6-7,12-13,19H,4-5,8-11,14-15H2,1-3H3. The summed E-state index contributed by atoms with van der Waals surface area (Å²) in [5.41, 5.74) is 4.48. The minimum absolute atomic E-state index is 0.0317. The predicted octanol–water partition coefficient (Wildman–Crippen LogP) is 2.15. The van der Waals surface area contributed by atoms with Crippen molar-refractivity contribution >= 4 is 27.4 Å². The Hall–Kier alpha value is -2.49. The fourth-order valence-electron chi connectivity index (χ4n) is 5.13. The van der Waals surface area contributed by atoms with Gasteiger partial charge in [0.1, 0.15) is 0 Å². The van der Waals surface area contributed by atoms with Crippen LogP contribution in [0.5, 0.6) is 0 Å². The summed E-state index contributed by atoms with van der Waals surface area (Å²) in [5.74, 6) is 0.0643. The van der Waals surface area contributed by atoms with Crippen molar-refractivity contribution in [2.45, 2.75) is 44.0 Å². The first-order chi connectivity index (χ1) is 15.7. The second kappa shape index (κ2) is 8.07. The number of hydrogen-bond donors (Lipinski definition) is 0. The van der Waals surface area contributed by atoms with Gasteiger partial charge in [-0.15, -0.1) is 0 Å². The SMILES string of the molecule is Cc1cc(C(=O)CN2CCN(S(=O)(=O)c3ccc4c(c3)CC(=O)N4C)CC2)c(C)n1C1CC1. The molecule has 2 fully saturated rings. The normalized spacial score (nSPS) is 19.8. The van der Waals surface area contributed by atoms with Crippen molar-refractivity contribution in [3.63, 3.8) is 0 Å². The lowest BCUT2D eigenvalue weighted by atomic mass is 10.1. The van der Waals surface area contributed by atoms with Gasteiger partial charge < -0.3 is 9.47 Å². The van der Waals surface area contributed by atoms with Crippen LogP contribution in [0.2, 0.25) is 0 Å². The summed E-state index contributed by atoms with van der Waals surface area (Å²) in [6.07, 6.45) is 2.59.